The number of hydrogen-bond acceptors (Lipinski definition) is 8. The van der Waals surface area contributed by atoms with E-state index in [4.69, 9.17) is 18.9 Å². The first-order valence-electron chi connectivity index (χ1n) is 12.3. The summed E-state index contributed by atoms with van der Waals surface area (Å²) >= 11 is 0. The number of hydrogen-bond donors (Lipinski definition) is 1. The fraction of sp³-hybridized carbons (Fsp3) is 0.880. The van der Waals surface area contributed by atoms with E-state index in [9.17, 15) is 19.5 Å². The second-order valence-electron chi connectivity index (χ2n) is 11.5. The molecule has 4 aliphatic carbocycles. The van der Waals surface area contributed by atoms with Crippen LogP contribution in [-0.2, 0) is 33.3 Å². The van der Waals surface area contributed by atoms with Crippen molar-refractivity contribution in [2.75, 3.05) is 7.11 Å². The van der Waals surface area contributed by atoms with Crippen LogP contribution in [0, 0.1) is 28.6 Å². The maximum absolute atomic E-state index is 12.9. The van der Waals surface area contributed by atoms with Crippen LogP contribution in [-0.4, -0.2) is 59.6 Å². The van der Waals surface area contributed by atoms with Gasteiger partial charge in [-0.2, -0.15) is 0 Å². The minimum Gasteiger partial charge on any atom is -0.469 e. The lowest BCUT2D eigenvalue weighted by atomic mass is 9.42. The van der Waals surface area contributed by atoms with Crippen LogP contribution in [0.25, 0.3) is 0 Å². The predicted octanol–water partition coefficient (Wildman–Crippen LogP) is 2.54. The quantitative estimate of drug-likeness (QED) is 0.385. The number of esters is 3. The van der Waals surface area contributed by atoms with Crippen LogP contribution in [0.15, 0.2) is 0 Å². The lowest BCUT2D eigenvalue weighted by Gasteiger charge is -2.63. The fourth-order valence-corrected chi connectivity index (χ4v) is 8.83. The van der Waals surface area contributed by atoms with Crippen molar-refractivity contribution in [3.63, 3.8) is 0 Å². The molecule has 10 unspecified atom stereocenters. The van der Waals surface area contributed by atoms with Crippen LogP contribution in [0.5, 0.6) is 0 Å². The van der Waals surface area contributed by atoms with Gasteiger partial charge in [0.2, 0.25) is 0 Å². The summed E-state index contributed by atoms with van der Waals surface area (Å²) < 4.78 is 22.8. The van der Waals surface area contributed by atoms with E-state index in [2.05, 4.69) is 13.8 Å². The van der Waals surface area contributed by atoms with Gasteiger partial charge < -0.3 is 24.1 Å². The average molecular weight is 465 g/mol. The maximum Gasteiger partial charge on any atom is 0.313 e. The number of aliphatic hydroxyl groups is 1. The van der Waals surface area contributed by atoms with E-state index in [1.54, 1.807) is 0 Å². The molecule has 8 heteroatoms. The summed E-state index contributed by atoms with van der Waals surface area (Å²) in [6.45, 7) is 7.05. The van der Waals surface area contributed by atoms with Gasteiger partial charge in [0, 0.05) is 25.7 Å². The lowest BCUT2D eigenvalue weighted by molar-refractivity contribution is -0.231. The molecule has 33 heavy (non-hydrogen) atoms. The lowest BCUT2D eigenvalue weighted by Crippen LogP contribution is -2.65. The summed E-state index contributed by atoms with van der Waals surface area (Å²) in [5.74, 6) is -1.27. The topological polar surface area (TPSA) is 112 Å². The summed E-state index contributed by atoms with van der Waals surface area (Å²) in [4.78, 5) is 36.3. The van der Waals surface area contributed by atoms with Gasteiger partial charge in [0.1, 0.15) is 29.8 Å². The molecule has 0 radical (unpaired) electrons. The van der Waals surface area contributed by atoms with E-state index < -0.39 is 34.6 Å². The first-order chi connectivity index (χ1) is 15.4. The Hall–Kier alpha value is -1.67. The molecule has 0 aromatic carbocycles. The fourth-order valence-electron chi connectivity index (χ4n) is 8.83. The first kappa shape index (κ1) is 23.1. The molecular weight excluding hydrogens is 428 g/mol. The number of methoxy groups -OCH3 is 1. The Kier molecular flexibility index (Phi) is 5.02. The predicted molar refractivity (Wildman–Crippen MR) is 115 cm³/mol. The Labute approximate surface area is 194 Å². The van der Waals surface area contributed by atoms with Gasteiger partial charge in [-0.25, -0.2) is 0 Å². The highest BCUT2D eigenvalue weighted by molar-refractivity contribution is 5.77. The minimum atomic E-state index is -0.906. The molecule has 0 aromatic heterocycles. The molecule has 0 amide bonds. The molecule has 1 N–H and O–H groups in total. The second-order valence-corrected chi connectivity index (χ2v) is 11.5. The van der Waals surface area contributed by atoms with Gasteiger partial charge in [0.15, 0.2) is 0 Å². The molecule has 1 spiro atoms. The van der Waals surface area contributed by atoms with E-state index in [1.165, 1.54) is 21.0 Å². The van der Waals surface area contributed by atoms with Crippen molar-refractivity contribution in [1.29, 1.82) is 0 Å². The minimum absolute atomic E-state index is 0.157. The Bertz CT molecular complexity index is 888. The summed E-state index contributed by atoms with van der Waals surface area (Å²) in [6, 6.07) is 0. The Morgan fingerprint density at radius 2 is 1.55 bits per heavy atom. The smallest absolute Gasteiger partial charge is 0.313 e. The third-order valence-corrected chi connectivity index (χ3v) is 10.3. The molecular formula is C25H36O8. The zero-order chi connectivity index (χ0) is 24.0. The number of carbonyl (C=O) groups is 3. The second kappa shape index (κ2) is 7.17. The number of carbonyl (C=O) groups excluding carboxylic acids is 3. The molecule has 1 saturated heterocycles. The maximum atomic E-state index is 12.9. The third-order valence-electron chi connectivity index (χ3n) is 10.3. The third kappa shape index (κ3) is 2.86. The number of ether oxygens (including phenoxy) is 4. The summed E-state index contributed by atoms with van der Waals surface area (Å²) in [5, 5.41) is 11.8. The van der Waals surface area contributed by atoms with Crippen LogP contribution in [0.4, 0.5) is 0 Å². The van der Waals surface area contributed by atoms with Crippen LogP contribution < -0.4 is 0 Å². The molecule has 1 aliphatic heterocycles. The number of rotatable bonds is 3. The summed E-state index contributed by atoms with van der Waals surface area (Å²) in [5.41, 5.74) is -2.28. The van der Waals surface area contributed by atoms with Crippen molar-refractivity contribution < 1.29 is 38.4 Å². The average Bonchev–Trinajstić information content (AvgIpc) is 3.42. The molecule has 5 fully saturated rings. The highest BCUT2D eigenvalue weighted by Crippen LogP contribution is 2.77. The van der Waals surface area contributed by atoms with E-state index in [0.717, 1.165) is 32.1 Å². The van der Waals surface area contributed by atoms with Crippen LogP contribution >= 0.6 is 0 Å². The Morgan fingerprint density at radius 1 is 0.909 bits per heavy atom. The summed E-state index contributed by atoms with van der Waals surface area (Å²) in [6.07, 6.45) is 3.69. The van der Waals surface area contributed by atoms with E-state index in [0.29, 0.717) is 12.8 Å². The van der Waals surface area contributed by atoms with E-state index >= 15 is 0 Å². The number of fused-ring (bicyclic) bond motifs is 3. The molecule has 0 aromatic rings. The Morgan fingerprint density at radius 3 is 2.18 bits per heavy atom. The molecule has 0 bridgehead atoms. The molecule has 1 heterocycles. The normalized spacial score (nSPS) is 51.8. The highest BCUT2D eigenvalue weighted by atomic mass is 16.7. The van der Waals surface area contributed by atoms with E-state index in [1.807, 2.05) is 0 Å². The van der Waals surface area contributed by atoms with Crippen molar-refractivity contribution in [3.8, 4) is 0 Å². The summed E-state index contributed by atoms with van der Waals surface area (Å²) in [7, 11) is 1.38. The van der Waals surface area contributed by atoms with Crippen molar-refractivity contribution in [1.82, 2.24) is 0 Å². The standard InChI is InChI=1S/C25H36O8/c1-13(26)31-15-6-9-22(3)16-7-10-23(4)18(21(28)30-5)19(32-14(2)27)20-25(23,33-20)17(16)8-11-24(22,29)12-15/h15-20,29H,6-12H2,1-5H3. The van der Waals surface area contributed by atoms with Gasteiger partial charge in [-0.3, -0.25) is 14.4 Å². The van der Waals surface area contributed by atoms with Crippen LogP contribution in [0.3, 0.4) is 0 Å². The first-order valence-corrected chi connectivity index (χ1v) is 12.3. The molecule has 10 atom stereocenters. The highest BCUT2D eigenvalue weighted by Gasteiger charge is 2.86. The number of epoxide rings is 1. The van der Waals surface area contributed by atoms with Crippen molar-refractivity contribution in [2.24, 2.45) is 28.6 Å². The van der Waals surface area contributed by atoms with Crippen molar-refractivity contribution in [3.05, 3.63) is 0 Å². The van der Waals surface area contributed by atoms with Gasteiger partial charge in [0.05, 0.1) is 12.7 Å². The van der Waals surface area contributed by atoms with Crippen molar-refractivity contribution in [2.45, 2.75) is 102 Å². The SMILES string of the molecule is COC(=O)C1C(OC(C)=O)C2OC23C2CCC4(O)CC(OC(C)=O)CCC4(C)C2CCC13C. The Balaban J connectivity index is 1.48. The molecule has 4 saturated carbocycles. The van der Waals surface area contributed by atoms with Gasteiger partial charge in [-0.1, -0.05) is 13.8 Å². The molecule has 5 rings (SSSR count). The van der Waals surface area contributed by atoms with Gasteiger partial charge in [0.25, 0.3) is 0 Å². The van der Waals surface area contributed by atoms with Gasteiger partial charge >= 0.3 is 17.9 Å². The molecule has 5 aliphatic rings. The monoisotopic (exact) mass is 464 g/mol. The van der Waals surface area contributed by atoms with Crippen LogP contribution in [0.2, 0.25) is 0 Å². The van der Waals surface area contributed by atoms with Gasteiger partial charge in [-0.05, 0) is 55.8 Å². The largest absolute Gasteiger partial charge is 0.469 e. The zero-order valence-corrected chi connectivity index (χ0v) is 20.2. The zero-order valence-electron chi connectivity index (χ0n) is 20.2. The van der Waals surface area contributed by atoms with Crippen LogP contribution in [0.1, 0.15) is 72.6 Å². The van der Waals surface area contributed by atoms with Gasteiger partial charge in [-0.15, -0.1) is 0 Å². The van der Waals surface area contributed by atoms with E-state index in [-0.39, 0.29) is 41.4 Å². The van der Waals surface area contributed by atoms with Crippen molar-refractivity contribution >= 4 is 17.9 Å². The molecule has 8 nitrogen and oxygen atoms in total. The molecule has 184 valence electrons.